The quantitative estimate of drug-likeness (QED) is 0.289. The largest absolute Gasteiger partial charge is 0.494 e. The molecule has 6 heteroatoms. The molecule has 184 valence electrons. The zero-order chi connectivity index (χ0) is 24.8. The van der Waals surface area contributed by atoms with E-state index in [0.717, 1.165) is 11.3 Å². The van der Waals surface area contributed by atoms with Crippen molar-refractivity contribution < 1.29 is 27.4 Å². The van der Waals surface area contributed by atoms with E-state index in [2.05, 4.69) is 6.58 Å². The number of hydrogen-bond acceptors (Lipinski definition) is 3. The van der Waals surface area contributed by atoms with Gasteiger partial charge < -0.3 is 14.2 Å². The summed E-state index contributed by atoms with van der Waals surface area (Å²) in [5.74, 6) is 0.256. The SMILES string of the molecule is C=CCOc1ccc(C2CCC(c3ccc(-c4ccc(OCC)cc4)c(C(F)F)c3F)CO2)cc1. The zero-order valence-corrected chi connectivity index (χ0v) is 19.7. The molecule has 0 N–H and O–H groups in total. The normalized spacial score (nSPS) is 17.9. The molecule has 0 spiro atoms. The number of benzene rings is 3. The summed E-state index contributed by atoms with van der Waals surface area (Å²) in [4.78, 5) is 0. The summed E-state index contributed by atoms with van der Waals surface area (Å²) in [6.07, 6.45) is -0.0686. The van der Waals surface area contributed by atoms with Crippen LogP contribution in [0.5, 0.6) is 11.5 Å². The lowest BCUT2D eigenvalue weighted by Gasteiger charge is -2.30. The summed E-state index contributed by atoms with van der Waals surface area (Å²) in [6, 6.07) is 17.6. The van der Waals surface area contributed by atoms with Crippen molar-refractivity contribution in [1.82, 2.24) is 0 Å². The van der Waals surface area contributed by atoms with Crippen LogP contribution < -0.4 is 9.47 Å². The van der Waals surface area contributed by atoms with Crippen LogP contribution in [0.15, 0.2) is 73.3 Å². The molecule has 0 saturated carbocycles. The van der Waals surface area contributed by atoms with Crippen LogP contribution in [-0.2, 0) is 4.74 Å². The molecule has 0 aromatic heterocycles. The highest BCUT2D eigenvalue weighted by molar-refractivity contribution is 5.69. The van der Waals surface area contributed by atoms with Gasteiger partial charge in [-0.1, -0.05) is 49.1 Å². The molecule has 0 bridgehead atoms. The van der Waals surface area contributed by atoms with Crippen molar-refractivity contribution in [2.24, 2.45) is 0 Å². The van der Waals surface area contributed by atoms with E-state index in [4.69, 9.17) is 14.2 Å². The van der Waals surface area contributed by atoms with E-state index in [1.807, 2.05) is 31.2 Å². The summed E-state index contributed by atoms with van der Waals surface area (Å²) in [5, 5.41) is 0. The van der Waals surface area contributed by atoms with Crippen LogP contribution in [0.2, 0.25) is 0 Å². The minimum absolute atomic E-state index is 0.125. The molecule has 2 unspecified atom stereocenters. The van der Waals surface area contributed by atoms with Crippen molar-refractivity contribution >= 4 is 0 Å². The smallest absolute Gasteiger partial charge is 0.267 e. The Kier molecular flexibility index (Phi) is 8.13. The molecular formula is C29H29F3O3. The van der Waals surface area contributed by atoms with E-state index in [9.17, 15) is 8.78 Å². The van der Waals surface area contributed by atoms with Gasteiger partial charge in [-0.05, 0) is 66.3 Å². The second kappa shape index (κ2) is 11.5. The lowest BCUT2D eigenvalue weighted by Crippen LogP contribution is -2.20. The van der Waals surface area contributed by atoms with Crippen LogP contribution in [0.25, 0.3) is 11.1 Å². The van der Waals surface area contributed by atoms with Crippen molar-refractivity contribution in [1.29, 1.82) is 0 Å². The Labute approximate surface area is 204 Å². The molecule has 3 nitrogen and oxygen atoms in total. The lowest BCUT2D eigenvalue weighted by molar-refractivity contribution is 0.00158. The molecule has 1 saturated heterocycles. The molecule has 1 heterocycles. The zero-order valence-electron chi connectivity index (χ0n) is 19.7. The van der Waals surface area contributed by atoms with Crippen LogP contribution in [-0.4, -0.2) is 19.8 Å². The fourth-order valence-corrected chi connectivity index (χ4v) is 4.48. The summed E-state index contributed by atoms with van der Waals surface area (Å²) >= 11 is 0. The van der Waals surface area contributed by atoms with E-state index >= 15 is 4.39 Å². The molecule has 3 aromatic carbocycles. The number of ether oxygens (including phenoxy) is 3. The first-order chi connectivity index (χ1) is 17.0. The van der Waals surface area contributed by atoms with Crippen molar-refractivity contribution in [3.8, 4) is 22.6 Å². The number of rotatable bonds is 9. The van der Waals surface area contributed by atoms with Gasteiger partial charge in [0.1, 0.15) is 23.9 Å². The van der Waals surface area contributed by atoms with Gasteiger partial charge in [0.25, 0.3) is 6.43 Å². The second-order valence-electron chi connectivity index (χ2n) is 8.45. The monoisotopic (exact) mass is 482 g/mol. The Hall–Kier alpha value is -3.25. The van der Waals surface area contributed by atoms with Crippen molar-refractivity contribution in [2.75, 3.05) is 19.8 Å². The minimum atomic E-state index is -2.93. The lowest BCUT2D eigenvalue weighted by atomic mass is 9.86. The maximum atomic E-state index is 15.4. The van der Waals surface area contributed by atoms with Gasteiger partial charge in [-0.15, -0.1) is 0 Å². The minimum Gasteiger partial charge on any atom is -0.494 e. The van der Waals surface area contributed by atoms with Gasteiger partial charge in [0.05, 0.1) is 24.9 Å². The Balaban J connectivity index is 1.49. The first kappa shape index (κ1) is 24.9. The predicted octanol–water partition coefficient (Wildman–Crippen LogP) is 8.03. The van der Waals surface area contributed by atoms with Gasteiger partial charge in [-0.2, -0.15) is 0 Å². The Morgan fingerprint density at radius 3 is 2.26 bits per heavy atom. The molecule has 35 heavy (non-hydrogen) atoms. The Bertz CT molecular complexity index is 1120. The Morgan fingerprint density at radius 2 is 1.66 bits per heavy atom. The fourth-order valence-electron chi connectivity index (χ4n) is 4.48. The molecule has 0 amide bonds. The first-order valence-electron chi connectivity index (χ1n) is 11.8. The fraction of sp³-hybridized carbons (Fsp3) is 0.310. The van der Waals surface area contributed by atoms with Crippen LogP contribution in [0.3, 0.4) is 0 Å². The van der Waals surface area contributed by atoms with E-state index in [0.29, 0.717) is 37.4 Å². The van der Waals surface area contributed by atoms with Crippen LogP contribution >= 0.6 is 0 Å². The van der Waals surface area contributed by atoms with Crippen molar-refractivity contribution in [3.05, 3.63) is 95.8 Å². The van der Waals surface area contributed by atoms with Gasteiger partial charge in [-0.3, -0.25) is 0 Å². The predicted molar refractivity (Wildman–Crippen MR) is 131 cm³/mol. The molecular weight excluding hydrogens is 453 g/mol. The molecule has 3 aromatic rings. The van der Waals surface area contributed by atoms with E-state index in [1.165, 1.54) is 0 Å². The van der Waals surface area contributed by atoms with Gasteiger partial charge in [0.15, 0.2) is 0 Å². The molecule has 1 aliphatic rings. The highest BCUT2D eigenvalue weighted by Gasteiger charge is 2.29. The van der Waals surface area contributed by atoms with Crippen LogP contribution in [0.1, 0.15) is 54.9 Å². The van der Waals surface area contributed by atoms with Crippen LogP contribution in [0, 0.1) is 5.82 Å². The molecule has 0 aliphatic carbocycles. The number of halogens is 3. The van der Waals surface area contributed by atoms with E-state index in [-0.39, 0.29) is 29.8 Å². The van der Waals surface area contributed by atoms with Crippen molar-refractivity contribution in [2.45, 2.75) is 38.2 Å². The highest BCUT2D eigenvalue weighted by Crippen LogP contribution is 2.41. The standard InChI is InChI=1S/C29H29F3O3/c1-3-17-34-23-12-7-20(8-13-23)26-16-9-21(18-35-26)25-15-14-24(27(28(25)30)29(31)32)19-5-10-22(11-6-19)33-4-2/h3,5-8,10-15,21,26,29H,1,4,9,16-18H2,2H3. The highest BCUT2D eigenvalue weighted by atomic mass is 19.3. The summed E-state index contributed by atoms with van der Waals surface area (Å²) < 4.78 is 60.4. The van der Waals surface area contributed by atoms with Gasteiger partial charge in [0, 0.05) is 5.92 Å². The third-order valence-corrected chi connectivity index (χ3v) is 6.24. The summed E-state index contributed by atoms with van der Waals surface area (Å²) in [7, 11) is 0. The summed E-state index contributed by atoms with van der Waals surface area (Å²) in [6.45, 7) is 6.70. The first-order valence-corrected chi connectivity index (χ1v) is 11.8. The summed E-state index contributed by atoms with van der Waals surface area (Å²) in [5.41, 5.74) is 1.44. The topological polar surface area (TPSA) is 27.7 Å². The van der Waals surface area contributed by atoms with Crippen molar-refractivity contribution in [3.63, 3.8) is 0 Å². The molecule has 1 aliphatic heterocycles. The molecule has 0 radical (unpaired) electrons. The van der Waals surface area contributed by atoms with E-state index < -0.39 is 17.8 Å². The Morgan fingerprint density at radius 1 is 0.971 bits per heavy atom. The molecule has 4 rings (SSSR count). The maximum absolute atomic E-state index is 15.4. The van der Waals surface area contributed by atoms with Gasteiger partial charge in [-0.25, -0.2) is 13.2 Å². The van der Waals surface area contributed by atoms with Crippen LogP contribution in [0.4, 0.5) is 13.2 Å². The molecule has 2 atom stereocenters. The van der Waals surface area contributed by atoms with Gasteiger partial charge >= 0.3 is 0 Å². The second-order valence-corrected chi connectivity index (χ2v) is 8.45. The van der Waals surface area contributed by atoms with E-state index in [1.54, 1.807) is 42.5 Å². The third-order valence-electron chi connectivity index (χ3n) is 6.24. The average Bonchev–Trinajstić information content (AvgIpc) is 2.88. The average molecular weight is 483 g/mol. The third kappa shape index (κ3) is 5.70. The molecule has 1 fully saturated rings. The number of hydrogen-bond donors (Lipinski definition) is 0. The maximum Gasteiger partial charge on any atom is 0.267 e. The number of alkyl halides is 2. The van der Waals surface area contributed by atoms with Gasteiger partial charge in [0.2, 0.25) is 0 Å².